The first-order valence-electron chi connectivity index (χ1n) is 6.74. The number of nitrogens with one attached hydrogen (secondary N) is 1. The van der Waals surface area contributed by atoms with Gasteiger partial charge in [0.15, 0.2) is 0 Å². The number of nitrogens with zero attached hydrogens (tertiary/aromatic N) is 1. The van der Waals surface area contributed by atoms with E-state index in [9.17, 15) is 19.4 Å². The summed E-state index contributed by atoms with van der Waals surface area (Å²) in [7, 11) is 0. The molecule has 124 valence electrons. The monoisotopic (exact) mass is 334 g/mol. The molecular formula is C14H20ClFN2O4. The third-order valence-corrected chi connectivity index (χ3v) is 2.80. The lowest BCUT2D eigenvalue weighted by Gasteiger charge is -2.21. The van der Waals surface area contributed by atoms with Gasteiger partial charge in [-0.1, -0.05) is 11.6 Å². The molecule has 8 heteroatoms. The fourth-order valence-corrected chi connectivity index (χ4v) is 1.76. The van der Waals surface area contributed by atoms with Gasteiger partial charge in [-0.25, -0.2) is 9.18 Å². The van der Waals surface area contributed by atoms with Crippen LogP contribution in [0.5, 0.6) is 0 Å². The zero-order valence-electron chi connectivity index (χ0n) is 12.6. The van der Waals surface area contributed by atoms with Crippen molar-refractivity contribution in [2.45, 2.75) is 45.0 Å². The Kier molecular flexibility index (Phi) is 6.52. The largest absolute Gasteiger partial charge is 0.444 e. The van der Waals surface area contributed by atoms with Crippen molar-refractivity contribution in [1.29, 1.82) is 0 Å². The normalized spacial score (nSPS) is 14.3. The van der Waals surface area contributed by atoms with E-state index in [0.29, 0.717) is 0 Å². The van der Waals surface area contributed by atoms with Gasteiger partial charge in [-0.3, -0.25) is 4.98 Å². The Balaban J connectivity index is 2.48. The van der Waals surface area contributed by atoms with Crippen LogP contribution in [-0.4, -0.2) is 39.5 Å². The van der Waals surface area contributed by atoms with Gasteiger partial charge in [-0.2, -0.15) is 0 Å². The van der Waals surface area contributed by atoms with Crippen LogP contribution in [0.15, 0.2) is 12.3 Å². The number of aliphatic hydroxyl groups excluding tert-OH is 2. The lowest BCUT2D eigenvalue weighted by molar-refractivity contribution is 0.00782. The van der Waals surface area contributed by atoms with Crippen LogP contribution in [0.4, 0.5) is 9.18 Å². The molecule has 1 aromatic rings. The fourth-order valence-electron chi connectivity index (χ4n) is 1.62. The van der Waals surface area contributed by atoms with Gasteiger partial charge in [0.1, 0.15) is 23.2 Å². The van der Waals surface area contributed by atoms with Crippen molar-refractivity contribution < 1.29 is 24.1 Å². The Morgan fingerprint density at radius 1 is 1.50 bits per heavy atom. The van der Waals surface area contributed by atoms with Crippen LogP contribution < -0.4 is 5.32 Å². The Bertz CT molecular complexity index is 522. The summed E-state index contributed by atoms with van der Waals surface area (Å²) in [6.07, 6.45) is -2.26. The number of alkyl carbamates (subject to hydrolysis) is 1. The molecule has 0 spiro atoms. The van der Waals surface area contributed by atoms with Crippen LogP contribution in [0.25, 0.3) is 0 Å². The van der Waals surface area contributed by atoms with Crippen molar-refractivity contribution in [3.8, 4) is 0 Å². The van der Waals surface area contributed by atoms with Crippen molar-refractivity contribution in [2.75, 3.05) is 6.54 Å². The second-order valence-corrected chi connectivity index (χ2v) is 6.19. The molecule has 0 saturated carbocycles. The van der Waals surface area contributed by atoms with Gasteiger partial charge < -0.3 is 20.3 Å². The molecule has 0 aromatic carbocycles. The molecule has 1 aromatic heterocycles. The van der Waals surface area contributed by atoms with Crippen LogP contribution in [0, 0.1) is 5.82 Å². The highest BCUT2D eigenvalue weighted by Crippen LogP contribution is 2.21. The number of aromatic nitrogens is 1. The van der Waals surface area contributed by atoms with E-state index in [1.807, 2.05) is 0 Å². The molecule has 1 heterocycles. The minimum Gasteiger partial charge on any atom is -0.444 e. The number of carbonyl (C=O) groups excluding carboxylic acids is 1. The van der Waals surface area contributed by atoms with Gasteiger partial charge in [0.25, 0.3) is 0 Å². The summed E-state index contributed by atoms with van der Waals surface area (Å²) in [6.45, 7) is 5.23. The average Bonchev–Trinajstić information content (AvgIpc) is 2.35. The maximum Gasteiger partial charge on any atom is 0.407 e. The Labute approximate surface area is 133 Å². The zero-order valence-corrected chi connectivity index (χ0v) is 13.4. The molecule has 3 N–H and O–H groups in total. The molecule has 0 bridgehead atoms. The van der Waals surface area contributed by atoms with Crippen LogP contribution >= 0.6 is 11.6 Å². The SMILES string of the molecule is CC(C)(C)OC(=O)NCCC(O)C(O)c1ncc(Cl)cc1F. The topological polar surface area (TPSA) is 91.7 Å². The van der Waals surface area contributed by atoms with Crippen molar-refractivity contribution in [1.82, 2.24) is 10.3 Å². The number of hydrogen-bond acceptors (Lipinski definition) is 5. The molecule has 1 amide bonds. The van der Waals surface area contributed by atoms with Gasteiger partial charge in [-0.15, -0.1) is 0 Å². The van der Waals surface area contributed by atoms with Crippen LogP contribution in [0.1, 0.15) is 39.0 Å². The molecule has 2 atom stereocenters. The maximum atomic E-state index is 13.6. The van der Waals surface area contributed by atoms with Gasteiger partial charge in [0.2, 0.25) is 0 Å². The quantitative estimate of drug-likeness (QED) is 0.767. The highest BCUT2D eigenvalue weighted by molar-refractivity contribution is 6.30. The summed E-state index contributed by atoms with van der Waals surface area (Å²) in [4.78, 5) is 15.1. The van der Waals surface area contributed by atoms with Crippen molar-refractivity contribution in [3.63, 3.8) is 0 Å². The van der Waals surface area contributed by atoms with Crippen molar-refractivity contribution in [3.05, 3.63) is 28.8 Å². The summed E-state index contributed by atoms with van der Waals surface area (Å²) in [5.74, 6) is -0.806. The predicted octanol–water partition coefficient (Wildman–Crippen LogP) is 2.18. The van der Waals surface area contributed by atoms with Gasteiger partial charge in [0.05, 0.1) is 11.1 Å². The van der Waals surface area contributed by atoms with Crippen molar-refractivity contribution in [2.24, 2.45) is 0 Å². The maximum absolute atomic E-state index is 13.6. The van der Waals surface area contributed by atoms with Crippen LogP contribution in [0.3, 0.4) is 0 Å². The Morgan fingerprint density at radius 2 is 2.14 bits per heavy atom. The van der Waals surface area contributed by atoms with Crippen LogP contribution in [-0.2, 0) is 4.74 Å². The molecule has 0 aliphatic heterocycles. The Morgan fingerprint density at radius 3 is 2.68 bits per heavy atom. The van der Waals surface area contributed by atoms with E-state index in [4.69, 9.17) is 16.3 Å². The number of ether oxygens (including phenoxy) is 1. The van der Waals surface area contributed by atoms with E-state index in [1.165, 1.54) is 6.20 Å². The third-order valence-electron chi connectivity index (χ3n) is 2.59. The predicted molar refractivity (Wildman–Crippen MR) is 79.0 cm³/mol. The minimum absolute atomic E-state index is 0.00412. The van der Waals surface area contributed by atoms with E-state index in [2.05, 4.69) is 10.3 Å². The number of aliphatic hydroxyl groups is 2. The first-order chi connectivity index (χ1) is 10.1. The Hall–Kier alpha value is -1.44. The summed E-state index contributed by atoms with van der Waals surface area (Å²) in [5, 5.41) is 22.2. The van der Waals surface area contributed by atoms with Gasteiger partial charge in [0, 0.05) is 12.7 Å². The van der Waals surface area contributed by atoms with E-state index in [0.717, 1.165) is 6.07 Å². The zero-order chi connectivity index (χ0) is 16.9. The third kappa shape index (κ3) is 6.13. The molecule has 0 aliphatic carbocycles. The number of amides is 1. The van der Waals surface area contributed by atoms with Crippen molar-refractivity contribution >= 4 is 17.7 Å². The first-order valence-corrected chi connectivity index (χ1v) is 7.12. The number of rotatable bonds is 5. The van der Waals surface area contributed by atoms with E-state index < -0.39 is 29.7 Å². The highest BCUT2D eigenvalue weighted by Gasteiger charge is 2.23. The van der Waals surface area contributed by atoms with Crippen LogP contribution in [0.2, 0.25) is 5.02 Å². The molecule has 2 unspecified atom stereocenters. The summed E-state index contributed by atoms with van der Waals surface area (Å²) in [6, 6.07) is 0.999. The molecule has 6 nitrogen and oxygen atoms in total. The summed E-state index contributed by atoms with van der Waals surface area (Å²) in [5.41, 5.74) is -0.923. The summed E-state index contributed by atoms with van der Waals surface area (Å²) < 4.78 is 18.6. The van der Waals surface area contributed by atoms with E-state index >= 15 is 0 Å². The lowest BCUT2D eigenvalue weighted by atomic mass is 10.1. The molecule has 0 fully saturated rings. The van der Waals surface area contributed by atoms with E-state index in [-0.39, 0.29) is 23.7 Å². The minimum atomic E-state index is -1.52. The number of hydrogen-bond donors (Lipinski definition) is 3. The standard InChI is InChI=1S/C14H20ClFN2O4/c1-14(2,3)22-13(21)17-5-4-10(19)12(20)11-9(16)6-8(15)7-18-11/h6-7,10,12,19-20H,4-5H2,1-3H3,(H,17,21). The number of pyridine rings is 1. The average molecular weight is 335 g/mol. The van der Waals surface area contributed by atoms with Gasteiger partial charge >= 0.3 is 6.09 Å². The second-order valence-electron chi connectivity index (χ2n) is 5.75. The smallest absolute Gasteiger partial charge is 0.407 e. The molecule has 0 radical (unpaired) electrons. The molecule has 1 rings (SSSR count). The number of carbonyl (C=O) groups is 1. The number of halogens is 2. The lowest BCUT2D eigenvalue weighted by Crippen LogP contribution is -2.34. The molecule has 0 saturated heterocycles. The first kappa shape index (κ1) is 18.6. The molecule has 0 aliphatic rings. The highest BCUT2D eigenvalue weighted by atomic mass is 35.5. The molecule has 22 heavy (non-hydrogen) atoms. The van der Waals surface area contributed by atoms with E-state index in [1.54, 1.807) is 20.8 Å². The second kappa shape index (κ2) is 7.71. The fraction of sp³-hybridized carbons (Fsp3) is 0.571. The molecular weight excluding hydrogens is 315 g/mol. The van der Waals surface area contributed by atoms with Gasteiger partial charge in [-0.05, 0) is 33.3 Å². The summed E-state index contributed by atoms with van der Waals surface area (Å²) >= 11 is 5.56.